The Morgan fingerprint density at radius 2 is 1.41 bits per heavy atom. The minimum atomic E-state index is -4.43. The number of alkyl halides is 3. The number of carbonyl (C=O) groups excluding carboxylic acids is 2. The average molecular weight is 410 g/mol. The van der Waals surface area contributed by atoms with E-state index >= 15 is 0 Å². The highest BCUT2D eigenvalue weighted by molar-refractivity contribution is 5.97. The van der Waals surface area contributed by atoms with Crippen molar-refractivity contribution in [3.05, 3.63) is 71.0 Å². The van der Waals surface area contributed by atoms with Crippen LogP contribution >= 0.6 is 0 Å². The Morgan fingerprint density at radius 1 is 0.862 bits per heavy atom. The Hall–Kier alpha value is -2.90. The highest BCUT2D eigenvalue weighted by atomic mass is 19.4. The van der Waals surface area contributed by atoms with E-state index in [1.165, 1.54) is 24.3 Å². The Kier molecular flexibility index (Phi) is 7.00. The number of hydrogen-bond donors (Lipinski definition) is 2. The van der Waals surface area contributed by atoms with Gasteiger partial charge in [0.25, 0.3) is 5.91 Å². The van der Waals surface area contributed by atoms with E-state index in [-0.39, 0.29) is 11.5 Å². The van der Waals surface area contributed by atoms with Gasteiger partial charge >= 0.3 is 6.18 Å². The molecule has 0 heterocycles. The Labute approximate surface area is 166 Å². The lowest BCUT2D eigenvalue weighted by molar-refractivity contribution is -0.137. The van der Waals surface area contributed by atoms with Crippen molar-refractivity contribution in [2.75, 3.05) is 0 Å². The quantitative estimate of drug-likeness (QED) is 0.690. The van der Waals surface area contributed by atoms with Crippen molar-refractivity contribution in [1.82, 2.24) is 10.6 Å². The van der Waals surface area contributed by atoms with Gasteiger partial charge in [0.05, 0.1) is 11.6 Å². The van der Waals surface area contributed by atoms with Crippen molar-refractivity contribution in [2.24, 2.45) is 5.92 Å². The van der Waals surface area contributed by atoms with E-state index in [1.807, 2.05) is 0 Å². The van der Waals surface area contributed by atoms with Crippen LogP contribution in [0.2, 0.25) is 0 Å². The molecular weight excluding hydrogens is 388 g/mol. The van der Waals surface area contributed by atoms with Gasteiger partial charge < -0.3 is 10.6 Å². The molecule has 8 heteroatoms. The van der Waals surface area contributed by atoms with Crippen molar-refractivity contribution in [1.29, 1.82) is 0 Å². The largest absolute Gasteiger partial charge is 0.416 e. The van der Waals surface area contributed by atoms with Crippen molar-refractivity contribution in [3.63, 3.8) is 0 Å². The maximum atomic E-state index is 13.0. The topological polar surface area (TPSA) is 58.2 Å². The maximum absolute atomic E-state index is 13.0. The molecule has 2 aromatic rings. The first-order chi connectivity index (χ1) is 13.5. The van der Waals surface area contributed by atoms with E-state index in [1.54, 1.807) is 20.8 Å². The molecule has 0 fully saturated rings. The molecule has 0 saturated carbocycles. The zero-order valence-corrected chi connectivity index (χ0v) is 16.2. The second kappa shape index (κ2) is 9.07. The molecule has 29 heavy (non-hydrogen) atoms. The van der Waals surface area contributed by atoms with Crippen molar-refractivity contribution < 1.29 is 27.2 Å². The molecule has 2 N–H and O–H groups in total. The fraction of sp³-hybridized carbons (Fsp3) is 0.333. The Bertz CT molecular complexity index is 846. The average Bonchev–Trinajstić information content (AvgIpc) is 2.65. The molecule has 0 aromatic heterocycles. The van der Waals surface area contributed by atoms with Crippen molar-refractivity contribution in [2.45, 2.75) is 39.0 Å². The number of rotatable bonds is 6. The molecule has 2 aromatic carbocycles. The first-order valence-corrected chi connectivity index (χ1v) is 9.03. The van der Waals surface area contributed by atoms with Gasteiger partial charge in [-0.2, -0.15) is 13.2 Å². The van der Waals surface area contributed by atoms with Gasteiger partial charge in [0.2, 0.25) is 5.91 Å². The third-order valence-corrected chi connectivity index (χ3v) is 4.44. The third kappa shape index (κ3) is 6.04. The summed E-state index contributed by atoms with van der Waals surface area (Å²) < 4.78 is 51.0. The molecule has 156 valence electrons. The summed E-state index contributed by atoms with van der Waals surface area (Å²) in [5, 5.41) is 5.32. The molecule has 0 aliphatic rings. The lowest BCUT2D eigenvalue weighted by atomic mass is 10.0. The van der Waals surface area contributed by atoms with Crippen molar-refractivity contribution in [3.8, 4) is 0 Å². The van der Waals surface area contributed by atoms with Crippen LogP contribution < -0.4 is 10.6 Å². The Balaban J connectivity index is 2.06. The number of carbonyl (C=O) groups is 2. The van der Waals surface area contributed by atoms with E-state index in [0.29, 0.717) is 5.56 Å². The van der Waals surface area contributed by atoms with Crippen LogP contribution in [0.1, 0.15) is 48.3 Å². The van der Waals surface area contributed by atoms with Gasteiger partial charge in [-0.05, 0) is 54.8 Å². The van der Waals surface area contributed by atoms with Crippen LogP contribution in [0.25, 0.3) is 0 Å². The number of halogens is 4. The SMILES string of the molecule is CC(NC(=O)C(NC(=O)c1ccc(F)cc1)C(C)C)c1ccc(C(F)(F)F)cc1. The van der Waals surface area contributed by atoms with E-state index in [9.17, 15) is 27.2 Å². The molecule has 2 unspecified atom stereocenters. The molecule has 4 nitrogen and oxygen atoms in total. The standard InChI is InChI=1S/C21H22F4N2O2/c1-12(2)18(27-19(28)15-6-10-17(22)11-7-15)20(29)26-13(3)14-4-8-16(9-5-14)21(23,24)25/h4-13,18H,1-3H3,(H,26,29)(H,27,28). The van der Waals surface area contributed by atoms with Crippen LogP contribution in [0.15, 0.2) is 48.5 Å². The zero-order valence-electron chi connectivity index (χ0n) is 16.2. The van der Waals surface area contributed by atoms with Gasteiger partial charge in [-0.3, -0.25) is 9.59 Å². The predicted octanol–water partition coefficient (Wildman–Crippen LogP) is 4.48. The number of amides is 2. The summed E-state index contributed by atoms with van der Waals surface area (Å²) in [5.41, 5.74) is -0.0641. The zero-order chi connectivity index (χ0) is 21.8. The molecule has 0 bridgehead atoms. The minimum absolute atomic E-state index is 0.209. The summed E-state index contributed by atoms with van der Waals surface area (Å²) >= 11 is 0. The highest BCUT2D eigenvalue weighted by Gasteiger charge is 2.30. The van der Waals surface area contributed by atoms with E-state index in [4.69, 9.17) is 0 Å². The van der Waals surface area contributed by atoms with Crippen LogP contribution in [0.4, 0.5) is 17.6 Å². The number of nitrogens with one attached hydrogen (secondary N) is 2. The van der Waals surface area contributed by atoms with Gasteiger partial charge in [-0.1, -0.05) is 26.0 Å². The monoisotopic (exact) mass is 410 g/mol. The summed E-state index contributed by atoms with van der Waals surface area (Å²) in [5.74, 6) is -1.73. The normalized spacial score (nSPS) is 13.7. The van der Waals surface area contributed by atoms with Gasteiger partial charge in [0.15, 0.2) is 0 Å². The van der Waals surface area contributed by atoms with Gasteiger partial charge in [-0.15, -0.1) is 0 Å². The smallest absolute Gasteiger partial charge is 0.348 e. The lowest BCUT2D eigenvalue weighted by Gasteiger charge is -2.24. The summed E-state index contributed by atoms with van der Waals surface area (Å²) in [6.45, 7) is 5.13. The fourth-order valence-electron chi connectivity index (χ4n) is 2.71. The number of benzene rings is 2. The van der Waals surface area contributed by atoms with Gasteiger partial charge in [0.1, 0.15) is 11.9 Å². The van der Waals surface area contributed by atoms with Crippen LogP contribution in [-0.4, -0.2) is 17.9 Å². The molecule has 2 amide bonds. The van der Waals surface area contributed by atoms with Crippen LogP contribution in [0.3, 0.4) is 0 Å². The van der Waals surface area contributed by atoms with E-state index in [0.717, 1.165) is 24.3 Å². The molecule has 0 saturated heterocycles. The predicted molar refractivity (Wildman–Crippen MR) is 100 cm³/mol. The summed E-state index contributed by atoms with van der Waals surface area (Å²) in [6, 6.07) is 7.99. The van der Waals surface area contributed by atoms with Crippen LogP contribution in [0, 0.1) is 11.7 Å². The first kappa shape index (κ1) is 22.4. The summed E-state index contributed by atoms with van der Waals surface area (Å²) in [6.07, 6.45) is -4.43. The summed E-state index contributed by atoms with van der Waals surface area (Å²) in [7, 11) is 0. The van der Waals surface area contributed by atoms with Gasteiger partial charge in [-0.25, -0.2) is 4.39 Å². The molecular formula is C21H22F4N2O2. The highest BCUT2D eigenvalue weighted by Crippen LogP contribution is 2.29. The van der Waals surface area contributed by atoms with Crippen molar-refractivity contribution >= 4 is 11.8 Å². The first-order valence-electron chi connectivity index (χ1n) is 9.03. The maximum Gasteiger partial charge on any atom is 0.416 e. The molecule has 0 radical (unpaired) electrons. The second-order valence-corrected chi connectivity index (χ2v) is 7.05. The third-order valence-electron chi connectivity index (χ3n) is 4.44. The van der Waals surface area contributed by atoms with Gasteiger partial charge in [0, 0.05) is 5.56 Å². The molecule has 2 rings (SSSR count). The number of hydrogen-bond acceptors (Lipinski definition) is 2. The second-order valence-electron chi connectivity index (χ2n) is 7.05. The fourth-order valence-corrected chi connectivity index (χ4v) is 2.71. The van der Waals surface area contributed by atoms with Crippen LogP contribution in [-0.2, 0) is 11.0 Å². The molecule has 0 aliphatic carbocycles. The molecule has 2 atom stereocenters. The molecule has 0 aliphatic heterocycles. The minimum Gasteiger partial charge on any atom is -0.348 e. The van der Waals surface area contributed by atoms with Crippen LogP contribution in [0.5, 0.6) is 0 Å². The lowest BCUT2D eigenvalue weighted by Crippen LogP contribution is -2.50. The molecule has 0 spiro atoms. The Morgan fingerprint density at radius 3 is 1.90 bits per heavy atom. The van der Waals surface area contributed by atoms with E-state index < -0.39 is 41.5 Å². The summed E-state index contributed by atoms with van der Waals surface area (Å²) in [4.78, 5) is 25.0. The van der Waals surface area contributed by atoms with E-state index in [2.05, 4.69) is 10.6 Å².